The summed E-state index contributed by atoms with van der Waals surface area (Å²) in [5, 5.41) is 10.3. The van der Waals surface area contributed by atoms with Gasteiger partial charge in [-0.2, -0.15) is 0 Å². The van der Waals surface area contributed by atoms with E-state index < -0.39 is 5.60 Å². The van der Waals surface area contributed by atoms with E-state index in [9.17, 15) is 5.11 Å². The Labute approximate surface area is 187 Å². The second-order valence-corrected chi connectivity index (χ2v) is 12.2. The van der Waals surface area contributed by atoms with Crippen LogP contribution in [0, 0.1) is 40.9 Å². The van der Waals surface area contributed by atoms with Crippen molar-refractivity contribution in [1.82, 2.24) is 0 Å². The van der Waals surface area contributed by atoms with Gasteiger partial charge in [0.2, 0.25) is 0 Å². The first kappa shape index (κ1) is 23.8. The van der Waals surface area contributed by atoms with Crippen LogP contribution in [0.4, 0.5) is 0 Å². The molecule has 1 heteroatoms. The van der Waals surface area contributed by atoms with Gasteiger partial charge in [-0.25, -0.2) is 0 Å². The largest absolute Gasteiger partial charge is 0.390 e. The Balaban J connectivity index is 1.73. The lowest BCUT2D eigenvalue weighted by molar-refractivity contribution is 0.0436. The number of hydrogen-bond acceptors (Lipinski definition) is 1. The molecular formula is C29H48O. The summed E-state index contributed by atoms with van der Waals surface area (Å²) in [5.41, 5.74) is 3.23. The molecule has 0 spiro atoms. The predicted molar refractivity (Wildman–Crippen MR) is 130 cm³/mol. The average Bonchev–Trinajstić information content (AvgIpc) is 3.00. The summed E-state index contributed by atoms with van der Waals surface area (Å²) in [4.78, 5) is 0. The van der Waals surface area contributed by atoms with Crippen LogP contribution in [0.5, 0.6) is 0 Å². The lowest BCUT2D eigenvalue weighted by atomic mass is 9.61. The molecule has 1 nitrogen and oxygen atoms in total. The van der Waals surface area contributed by atoms with Crippen LogP contribution < -0.4 is 0 Å². The molecule has 7 unspecified atom stereocenters. The molecule has 0 bridgehead atoms. The van der Waals surface area contributed by atoms with Crippen LogP contribution in [0.3, 0.4) is 0 Å². The molecule has 3 fully saturated rings. The SMILES string of the molecule is CC1CC(=CC=C2CCCC3(C)C2CCC3C(C)C=CC(C)C(C)(C)O)CC(C)C1. The van der Waals surface area contributed by atoms with Gasteiger partial charge in [-0.15, -0.1) is 0 Å². The first-order valence-corrected chi connectivity index (χ1v) is 12.8. The molecule has 0 heterocycles. The summed E-state index contributed by atoms with van der Waals surface area (Å²) >= 11 is 0. The number of allylic oxidation sites excluding steroid dienone is 5. The molecule has 0 radical (unpaired) electrons. The van der Waals surface area contributed by atoms with Crippen LogP contribution in [-0.2, 0) is 0 Å². The van der Waals surface area contributed by atoms with E-state index in [1.54, 1.807) is 11.1 Å². The van der Waals surface area contributed by atoms with Gasteiger partial charge in [-0.05, 0) is 100 Å². The fourth-order valence-corrected chi connectivity index (χ4v) is 7.05. The van der Waals surface area contributed by atoms with Gasteiger partial charge >= 0.3 is 0 Å². The van der Waals surface area contributed by atoms with Gasteiger partial charge in [-0.3, -0.25) is 0 Å². The van der Waals surface area contributed by atoms with Crippen molar-refractivity contribution >= 4 is 0 Å². The zero-order valence-electron chi connectivity index (χ0n) is 20.9. The van der Waals surface area contributed by atoms with Crippen molar-refractivity contribution in [3.63, 3.8) is 0 Å². The maximum atomic E-state index is 10.3. The third-order valence-corrected chi connectivity index (χ3v) is 9.05. The average molecular weight is 413 g/mol. The van der Waals surface area contributed by atoms with Crippen molar-refractivity contribution in [3.8, 4) is 0 Å². The van der Waals surface area contributed by atoms with E-state index in [1.807, 2.05) is 13.8 Å². The van der Waals surface area contributed by atoms with Gasteiger partial charge < -0.3 is 5.11 Å². The van der Waals surface area contributed by atoms with E-state index in [0.717, 1.165) is 23.7 Å². The van der Waals surface area contributed by atoms with E-state index in [1.165, 1.54) is 51.4 Å². The van der Waals surface area contributed by atoms with Gasteiger partial charge in [0.25, 0.3) is 0 Å². The van der Waals surface area contributed by atoms with Gasteiger partial charge in [0.1, 0.15) is 0 Å². The van der Waals surface area contributed by atoms with E-state index >= 15 is 0 Å². The lowest BCUT2D eigenvalue weighted by Gasteiger charge is -2.44. The number of hydrogen-bond donors (Lipinski definition) is 1. The minimum Gasteiger partial charge on any atom is -0.390 e. The van der Waals surface area contributed by atoms with Crippen molar-refractivity contribution < 1.29 is 5.11 Å². The van der Waals surface area contributed by atoms with Crippen LogP contribution in [0.25, 0.3) is 0 Å². The molecular weight excluding hydrogens is 364 g/mol. The van der Waals surface area contributed by atoms with Crippen LogP contribution in [-0.4, -0.2) is 10.7 Å². The van der Waals surface area contributed by atoms with Gasteiger partial charge in [-0.1, -0.05) is 70.1 Å². The molecule has 3 aliphatic rings. The highest BCUT2D eigenvalue weighted by Gasteiger charge is 2.50. The molecule has 170 valence electrons. The Morgan fingerprint density at radius 3 is 2.33 bits per heavy atom. The molecule has 3 rings (SSSR count). The van der Waals surface area contributed by atoms with Gasteiger partial charge in [0.05, 0.1) is 5.60 Å². The molecule has 7 atom stereocenters. The maximum absolute atomic E-state index is 10.3. The Bertz CT molecular complexity index is 663. The van der Waals surface area contributed by atoms with E-state index in [0.29, 0.717) is 11.3 Å². The highest BCUT2D eigenvalue weighted by molar-refractivity contribution is 5.26. The summed E-state index contributed by atoms with van der Waals surface area (Å²) in [6.07, 6.45) is 20.5. The zero-order chi connectivity index (χ0) is 22.1. The second kappa shape index (κ2) is 9.35. The second-order valence-electron chi connectivity index (χ2n) is 12.2. The molecule has 0 aromatic rings. The maximum Gasteiger partial charge on any atom is 0.0651 e. The molecule has 0 amide bonds. The lowest BCUT2D eigenvalue weighted by Crippen LogP contribution is -2.35. The van der Waals surface area contributed by atoms with Crippen molar-refractivity contribution in [2.45, 2.75) is 105 Å². The van der Waals surface area contributed by atoms with Crippen LogP contribution in [0.1, 0.15) is 99.8 Å². The van der Waals surface area contributed by atoms with Crippen molar-refractivity contribution in [2.24, 2.45) is 40.9 Å². The molecule has 0 aromatic carbocycles. The summed E-state index contributed by atoms with van der Waals surface area (Å²) < 4.78 is 0. The summed E-state index contributed by atoms with van der Waals surface area (Å²) in [5.74, 6) is 4.02. The minimum absolute atomic E-state index is 0.193. The first-order valence-electron chi connectivity index (χ1n) is 12.8. The van der Waals surface area contributed by atoms with Crippen molar-refractivity contribution in [1.29, 1.82) is 0 Å². The Morgan fingerprint density at radius 1 is 1.03 bits per heavy atom. The summed E-state index contributed by atoms with van der Waals surface area (Å²) in [6, 6.07) is 0. The van der Waals surface area contributed by atoms with E-state index in [2.05, 4.69) is 58.9 Å². The Hall–Kier alpha value is -0.820. The number of rotatable bonds is 5. The Kier molecular flexibility index (Phi) is 7.43. The predicted octanol–water partition coefficient (Wildman–Crippen LogP) is 8.11. The van der Waals surface area contributed by atoms with E-state index in [-0.39, 0.29) is 5.92 Å². The quantitative estimate of drug-likeness (QED) is 0.452. The monoisotopic (exact) mass is 412 g/mol. The third-order valence-electron chi connectivity index (χ3n) is 9.05. The Morgan fingerprint density at radius 2 is 1.70 bits per heavy atom. The fraction of sp³-hybridized carbons (Fsp3) is 0.793. The highest BCUT2D eigenvalue weighted by Crippen LogP contribution is 2.59. The third kappa shape index (κ3) is 5.32. The van der Waals surface area contributed by atoms with Gasteiger partial charge in [0, 0.05) is 5.92 Å². The molecule has 0 aromatic heterocycles. The van der Waals surface area contributed by atoms with Crippen LogP contribution in [0.15, 0.2) is 35.5 Å². The van der Waals surface area contributed by atoms with E-state index in [4.69, 9.17) is 0 Å². The zero-order valence-corrected chi connectivity index (χ0v) is 20.9. The number of fused-ring (bicyclic) bond motifs is 1. The number of aliphatic hydroxyl groups is 1. The summed E-state index contributed by atoms with van der Waals surface area (Å²) in [6.45, 7) is 15.8. The van der Waals surface area contributed by atoms with Crippen LogP contribution in [0.2, 0.25) is 0 Å². The normalized spacial score (nSPS) is 38.7. The highest BCUT2D eigenvalue weighted by atomic mass is 16.3. The van der Waals surface area contributed by atoms with Crippen molar-refractivity contribution in [2.75, 3.05) is 0 Å². The smallest absolute Gasteiger partial charge is 0.0651 e. The minimum atomic E-state index is -0.638. The van der Waals surface area contributed by atoms with Crippen molar-refractivity contribution in [3.05, 3.63) is 35.5 Å². The standard InChI is InChI=1S/C29H48O/c1-20-17-21(2)19-24(18-20)12-13-25-9-8-16-29(7)26(14-15-27(25)29)22(3)10-11-23(4)28(5,6)30/h10-13,20-23,26-27,30H,8-9,14-19H2,1-7H3. The molecule has 3 aliphatic carbocycles. The van der Waals surface area contributed by atoms with Gasteiger partial charge in [0.15, 0.2) is 0 Å². The topological polar surface area (TPSA) is 20.2 Å². The summed E-state index contributed by atoms with van der Waals surface area (Å²) in [7, 11) is 0. The molecule has 1 N–H and O–H groups in total. The first-order chi connectivity index (χ1) is 14.0. The molecule has 3 saturated carbocycles. The van der Waals surface area contributed by atoms with Crippen LogP contribution >= 0.6 is 0 Å². The fourth-order valence-electron chi connectivity index (χ4n) is 7.05. The molecule has 0 aliphatic heterocycles. The molecule has 0 saturated heterocycles. The molecule has 30 heavy (non-hydrogen) atoms.